The third-order valence-electron chi connectivity index (χ3n) is 6.67. The van der Waals surface area contributed by atoms with Crippen molar-refractivity contribution in [2.75, 3.05) is 0 Å². The minimum atomic E-state index is -3.75. The topological polar surface area (TPSA) is 109 Å². The second-order valence-electron chi connectivity index (χ2n) is 9.30. The molecule has 2 aromatic rings. The molecule has 2 saturated carbocycles. The zero-order chi connectivity index (χ0) is 24.2. The van der Waals surface area contributed by atoms with Crippen LogP contribution in [0.25, 0.3) is 0 Å². The van der Waals surface area contributed by atoms with Crippen LogP contribution in [0.1, 0.15) is 80.1 Å². The van der Waals surface area contributed by atoms with Gasteiger partial charge in [-0.15, -0.1) is 0 Å². The Kier molecular flexibility index (Phi) is 7.87. The van der Waals surface area contributed by atoms with Crippen molar-refractivity contribution in [1.82, 2.24) is 9.44 Å². The van der Waals surface area contributed by atoms with Gasteiger partial charge in [0, 0.05) is 23.2 Å². The Morgan fingerprint density at radius 1 is 0.618 bits per heavy atom. The zero-order valence-corrected chi connectivity index (χ0v) is 20.8. The second kappa shape index (κ2) is 10.7. The summed E-state index contributed by atoms with van der Waals surface area (Å²) in [6.07, 6.45) is 9.49. The average Bonchev–Trinajstić information content (AvgIpc) is 2.84. The van der Waals surface area contributed by atoms with Crippen LogP contribution in [0.4, 0.5) is 0 Å². The van der Waals surface area contributed by atoms with E-state index in [9.17, 15) is 21.6 Å². The van der Waals surface area contributed by atoms with Crippen LogP contribution < -0.4 is 9.44 Å². The summed E-state index contributed by atoms with van der Waals surface area (Å²) in [5, 5.41) is 0. The van der Waals surface area contributed by atoms with Crippen molar-refractivity contribution in [3.63, 3.8) is 0 Å². The van der Waals surface area contributed by atoms with Crippen LogP contribution in [0, 0.1) is 0 Å². The van der Waals surface area contributed by atoms with Gasteiger partial charge in [0.2, 0.25) is 20.0 Å². The Labute approximate surface area is 202 Å². The lowest BCUT2D eigenvalue weighted by molar-refractivity contribution is 0.103. The molecule has 2 N–H and O–H groups in total. The summed E-state index contributed by atoms with van der Waals surface area (Å²) < 4.78 is 57.0. The van der Waals surface area contributed by atoms with Crippen molar-refractivity contribution >= 4 is 25.8 Å². The lowest BCUT2D eigenvalue weighted by Gasteiger charge is -2.22. The van der Waals surface area contributed by atoms with Crippen molar-refractivity contribution in [3.05, 3.63) is 59.7 Å². The molecule has 34 heavy (non-hydrogen) atoms. The Hall–Kier alpha value is -2.07. The van der Waals surface area contributed by atoms with E-state index in [2.05, 4.69) is 9.44 Å². The molecule has 9 heteroatoms. The van der Waals surface area contributed by atoms with Crippen LogP contribution in [0.15, 0.2) is 58.3 Å². The van der Waals surface area contributed by atoms with E-state index in [1.54, 1.807) is 12.1 Å². The number of carbonyl (C=O) groups excluding carboxylic acids is 1. The van der Waals surface area contributed by atoms with Gasteiger partial charge in [-0.25, -0.2) is 26.3 Å². The van der Waals surface area contributed by atoms with Gasteiger partial charge in [-0.1, -0.05) is 62.8 Å². The molecular weight excluding hydrogens is 472 g/mol. The highest BCUT2D eigenvalue weighted by Gasteiger charge is 2.25. The lowest BCUT2D eigenvalue weighted by Crippen LogP contribution is -2.36. The van der Waals surface area contributed by atoms with Gasteiger partial charge < -0.3 is 0 Å². The van der Waals surface area contributed by atoms with Gasteiger partial charge >= 0.3 is 0 Å². The van der Waals surface area contributed by atoms with Crippen LogP contribution >= 0.6 is 0 Å². The number of nitrogens with one attached hydrogen (secondary N) is 2. The molecule has 0 aromatic heterocycles. The summed E-state index contributed by atoms with van der Waals surface area (Å²) in [5.41, 5.74) is 0.391. The van der Waals surface area contributed by atoms with Crippen LogP contribution in [0.3, 0.4) is 0 Å². The molecular formula is C25H32N2O5S2. The highest BCUT2D eigenvalue weighted by Crippen LogP contribution is 2.23. The molecule has 0 unspecified atom stereocenters. The van der Waals surface area contributed by atoms with E-state index in [1.807, 2.05) is 0 Å². The first-order chi connectivity index (χ1) is 16.2. The molecule has 0 atom stereocenters. The number of hydrogen-bond acceptors (Lipinski definition) is 5. The van der Waals surface area contributed by atoms with Crippen molar-refractivity contribution in [3.8, 4) is 0 Å². The van der Waals surface area contributed by atoms with Crippen LogP contribution in [0.5, 0.6) is 0 Å². The largest absolute Gasteiger partial charge is 0.289 e. The smallest absolute Gasteiger partial charge is 0.240 e. The van der Waals surface area contributed by atoms with Crippen molar-refractivity contribution in [2.24, 2.45) is 0 Å². The molecule has 0 bridgehead atoms. The lowest BCUT2D eigenvalue weighted by atomic mass is 9.96. The van der Waals surface area contributed by atoms with Crippen molar-refractivity contribution in [1.29, 1.82) is 0 Å². The number of hydrogen-bond donors (Lipinski definition) is 2. The molecule has 184 valence electrons. The number of carbonyl (C=O) groups is 1. The van der Waals surface area contributed by atoms with E-state index in [-0.39, 0.29) is 33.0 Å². The summed E-state index contributed by atoms with van der Waals surface area (Å²) in [6, 6.07) is 11.6. The highest BCUT2D eigenvalue weighted by molar-refractivity contribution is 7.89. The third-order valence-corrected chi connectivity index (χ3v) is 9.70. The maximum atomic E-state index is 13.2. The minimum absolute atomic E-state index is 0.0339. The van der Waals surface area contributed by atoms with Crippen LogP contribution in [-0.2, 0) is 20.0 Å². The molecule has 0 amide bonds. The first-order valence-electron chi connectivity index (χ1n) is 12.0. The summed E-state index contributed by atoms with van der Waals surface area (Å²) in [4.78, 5) is 13.2. The molecule has 2 aliphatic rings. The van der Waals surface area contributed by atoms with E-state index < -0.39 is 25.8 Å². The Balaban J connectivity index is 1.53. The fraction of sp³-hybridized carbons (Fsp3) is 0.480. The van der Waals surface area contributed by atoms with Gasteiger partial charge in [0.1, 0.15) is 0 Å². The number of benzene rings is 2. The maximum absolute atomic E-state index is 13.2. The highest BCUT2D eigenvalue weighted by atomic mass is 32.2. The van der Waals surface area contributed by atoms with E-state index in [0.29, 0.717) is 0 Å². The molecule has 0 radical (unpaired) electrons. The number of rotatable bonds is 8. The number of ketones is 1. The van der Waals surface area contributed by atoms with E-state index >= 15 is 0 Å². The van der Waals surface area contributed by atoms with Crippen molar-refractivity contribution < 1.29 is 21.6 Å². The normalized spacial score (nSPS) is 18.6. The monoisotopic (exact) mass is 504 g/mol. The van der Waals surface area contributed by atoms with Crippen LogP contribution in [-0.4, -0.2) is 34.7 Å². The maximum Gasteiger partial charge on any atom is 0.240 e. The van der Waals surface area contributed by atoms with Gasteiger partial charge in [-0.3, -0.25) is 4.79 Å². The predicted octanol–water partition coefficient (Wildman–Crippen LogP) is 4.14. The molecule has 0 saturated heterocycles. The van der Waals surface area contributed by atoms with Gasteiger partial charge in [0.25, 0.3) is 0 Å². The Morgan fingerprint density at radius 2 is 1.00 bits per heavy atom. The Morgan fingerprint density at radius 3 is 1.38 bits per heavy atom. The molecule has 2 fully saturated rings. The molecule has 2 aliphatic carbocycles. The summed E-state index contributed by atoms with van der Waals surface area (Å²) in [5.74, 6) is -0.426. The average molecular weight is 505 g/mol. The van der Waals surface area contributed by atoms with E-state index in [4.69, 9.17) is 0 Å². The first kappa shape index (κ1) is 25.0. The molecule has 2 aromatic carbocycles. The second-order valence-corrected chi connectivity index (χ2v) is 12.7. The summed E-state index contributed by atoms with van der Waals surface area (Å²) in [6.45, 7) is 0. The molecule has 0 aliphatic heterocycles. The van der Waals surface area contributed by atoms with Crippen molar-refractivity contribution in [2.45, 2.75) is 86.1 Å². The Bertz CT molecular complexity index is 1130. The first-order valence-corrected chi connectivity index (χ1v) is 15.0. The standard InChI is InChI=1S/C25H32N2O5S2/c28-25(19-9-7-15-23(17-19)33(29,30)26-21-11-3-1-4-12-21)20-10-8-16-24(18-20)34(31,32)27-22-13-5-2-6-14-22/h7-10,15-18,21-22,26-27H,1-6,11-14H2. The minimum Gasteiger partial charge on any atom is -0.289 e. The van der Waals surface area contributed by atoms with Crippen LogP contribution in [0.2, 0.25) is 0 Å². The molecule has 0 heterocycles. The molecule has 4 rings (SSSR count). The number of sulfonamides is 2. The van der Waals surface area contributed by atoms with Gasteiger partial charge in [0.05, 0.1) is 9.79 Å². The van der Waals surface area contributed by atoms with Gasteiger partial charge in [-0.05, 0) is 49.9 Å². The van der Waals surface area contributed by atoms with E-state index in [1.165, 1.54) is 36.4 Å². The summed E-state index contributed by atoms with van der Waals surface area (Å²) in [7, 11) is -7.51. The van der Waals surface area contributed by atoms with Gasteiger partial charge in [-0.2, -0.15) is 0 Å². The molecule has 0 spiro atoms. The fourth-order valence-corrected chi connectivity index (χ4v) is 7.49. The third kappa shape index (κ3) is 6.13. The molecule has 7 nitrogen and oxygen atoms in total. The predicted molar refractivity (Wildman–Crippen MR) is 131 cm³/mol. The SMILES string of the molecule is O=C(c1cccc(S(=O)(=O)NC2CCCCC2)c1)c1cccc(S(=O)(=O)NC2CCCCC2)c1. The van der Waals surface area contributed by atoms with E-state index in [0.717, 1.165) is 64.2 Å². The zero-order valence-electron chi connectivity index (χ0n) is 19.2. The summed E-state index contributed by atoms with van der Waals surface area (Å²) >= 11 is 0. The quantitative estimate of drug-likeness (QED) is 0.525. The fourth-order valence-electron chi connectivity index (χ4n) is 4.79. The van der Waals surface area contributed by atoms with Gasteiger partial charge in [0.15, 0.2) is 5.78 Å².